The van der Waals surface area contributed by atoms with Gasteiger partial charge in [-0.1, -0.05) is 70.5 Å². The van der Waals surface area contributed by atoms with Crippen LogP contribution in [0.4, 0.5) is 4.79 Å². The molecule has 1 atom stereocenters. The molecule has 0 bridgehead atoms. The van der Waals surface area contributed by atoms with Crippen molar-refractivity contribution >= 4 is 11.9 Å². The number of piperazine rings is 1. The van der Waals surface area contributed by atoms with Gasteiger partial charge in [0.15, 0.2) is 5.78 Å². The Morgan fingerprint density at radius 1 is 1.09 bits per heavy atom. The number of Topliss-reactive ketones (excluding diaryl/α,β-unsaturated/α-hetero) is 1. The van der Waals surface area contributed by atoms with Crippen molar-refractivity contribution in [1.29, 1.82) is 0 Å². The van der Waals surface area contributed by atoms with E-state index < -0.39 is 5.60 Å². The van der Waals surface area contributed by atoms with E-state index in [9.17, 15) is 9.59 Å². The second-order valence-corrected chi connectivity index (χ2v) is 9.80. The van der Waals surface area contributed by atoms with Crippen molar-refractivity contribution in [2.24, 2.45) is 0 Å². The van der Waals surface area contributed by atoms with E-state index in [-0.39, 0.29) is 17.9 Å². The SMILES string of the molecule is C=C1C(C)N(C(=O)OC(C)(C)C)CCN1/C(=C\CCC)C(C)=O.CCCc1ccccc1CC. The maximum absolute atomic E-state index is 12.3. The van der Waals surface area contributed by atoms with Crippen molar-refractivity contribution in [2.45, 2.75) is 99.1 Å². The number of ether oxygens (including phenoxy) is 1. The van der Waals surface area contributed by atoms with E-state index in [1.54, 1.807) is 11.8 Å². The van der Waals surface area contributed by atoms with Crippen molar-refractivity contribution in [2.75, 3.05) is 13.1 Å². The lowest BCUT2D eigenvalue weighted by molar-refractivity contribution is -0.115. The molecule has 0 N–H and O–H groups in total. The third kappa shape index (κ3) is 9.00. The summed E-state index contributed by atoms with van der Waals surface area (Å²) in [6.07, 6.45) is 7.09. The summed E-state index contributed by atoms with van der Waals surface area (Å²) >= 11 is 0. The normalized spacial score (nSPS) is 16.6. The summed E-state index contributed by atoms with van der Waals surface area (Å²) in [6, 6.07) is 8.51. The van der Waals surface area contributed by atoms with Crippen LogP contribution in [0.15, 0.2) is 48.3 Å². The molecular formula is C29H46N2O3. The first-order valence-electron chi connectivity index (χ1n) is 12.7. The van der Waals surface area contributed by atoms with E-state index in [2.05, 4.69) is 51.6 Å². The van der Waals surface area contributed by atoms with Crippen molar-refractivity contribution in [3.05, 3.63) is 59.4 Å². The van der Waals surface area contributed by atoms with Crippen LogP contribution in [0.2, 0.25) is 0 Å². The van der Waals surface area contributed by atoms with Gasteiger partial charge in [0, 0.05) is 25.7 Å². The van der Waals surface area contributed by atoms with Gasteiger partial charge < -0.3 is 9.64 Å². The third-order valence-electron chi connectivity index (χ3n) is 5.79. The Labute approximate surface area is 207 Å². The predicted octanol–water partition coefficient (Wildman–Crippen LogP) is 6.92. The lowest BCUT2D eigenvalue weighted by atomic mass is 10.0. The predicted molar refractivity (Wildman–Crippen MR) is 142 cm³/mol. The number of amides is 1. The highest BCUT2D eigenvalue weighted by Gasteiger charge is 2.34. The molecule has 34 heavy (non-hydrogen) atoms. The van der Waals surface area contributed by atoms with Crippen LogP contribution in [0, 0.1) is 0 Å². The van der Waals surface area contributed by atoms with Gasteiger partial charge in [-0.05, 0) is 58.1 Å². The van der Waals surface area contributed by atoms with Crippen LogP contribution in [0.3, 0.4) is 0 Å². The minimum atomic E-state index is -0.527. The number of unbranched alkanes of at least 4 members (excludes halogenated alkanes) is 1. The van der Waals surface area contributed by atoms with Crippen LogP contribution >= 0.6 is 0 Å². The van der Waals surface area contributed by atoms with Crippen LogP contribution in [0.25, 0.3) is 0 Å². The molecule has 0 radical (unpaired) electrons. The van der Waals surface area contributed by atoms with E-state index >= 15 is 0 Å². The molecule has 1 unspecified atom stereocenters. The van der Waals surface area contributed by atoms with Gasteiger partial charge in [-0.15, -0.1) is 0 Å². The molecule has 1 saturated heterocycles. The number of hydrogen-bond donors (Lipinski definition) is 0. The molecule has 190 valence electrons. The van der Waals surface area contributed by atoms with E-state index in [0.29, 0.717) is 18.8 Å². The molecule has 5 nitrogen and oxygen atoms in total. The minimum Gasteiger partial charge on any atom is -0.444 e. The molecule has 2 rings (SSSR count). The first-order chi connectivity index (χ1) is 16.0. The molecule has 1 aromatic rings. The van der Waals surface area contributed by atoms with Crippen LogP contribution in [-0.2, 0) is 22.4 Å². The van der Waals surface area contributed by atoms with Crippen molar-refractivity contribution in [3.63, 3.8) is 0 Å². The quantitative estimate of drug-likeness (QED) is 0.406. The van der Waals surface area contributed by atoms with Crippen LogP contribution in [0.1, 0.15) is 85.8 Å². The first-order valence-corrected chi connectivity index (χ1v) is 12.7. The fraction of sp³-hybridized carbons (Fsp3) is 0.586. The van der Waals surface area contributed by atoms with E-state index in [1.165, 1.54) is 24.0 Å². The summed E-state index contributed by atoms with van der Waals surface area (Å²) in [6.45, 7) is 20.7. The van der Waals surface area contributed by atoms with Gasteiger partial charge >= 0.3 is 6.09 Å². The average molecular weight is 471 g/mol. The average Bonchev–Trinajstić information content (AvgIpc) is 2.76. The zero-order valence-electron chi connectivity index (χ0n) is 22.7. The number of benzene rings is 1. The van der Waals surface area contributed by atoms with Gasteiger partial charge in [0.05, 0.1) is 11.7 Å². The molecule has 1 aliphatic heterocycles. The monoisotopic (exact) mass is 470 g/mol. The highest BCUT2D eigenvalue weighted by Crippen LogP contribution is 2.26. The Morgan fingerprint density at radius 3 is 2.21 bits per heavy atom. The summed E-state index contributed by atoms with van der Waals surface area (Å²) in [4.78, 5) is 27.9. The number of rotatable bonds is 7. The minimum absolute atomic E-state index is 0.0255. The van der Waals surface area contributed by atoms with Gasteiger partial charge in [-0.3, -0.25) is 9.69 Å². The largest absolute Gasteiger partial charge is 0.444 e. The van der Waals surface area contributed by atoms with Crippen molar-refractivity contribution < 1.29 is 14.3 Å². The highest BCUT2D eigenvalue weighted by molar-refractivity contribution is 5.93. The zero-order valence-corrected chi connectivity index (χ0v) is 22.7. The lowest BCUT2D eigenvalue weighted by Crippen LogP contribution is -2.53. The molecule has 1 heterocycles. The summed E-state index contributed by atoms with van der Waals surface area (Å²) in [7, 11) is 0. The Kier molecular flexibility index (Phi) is 12.1. The van der Waals surface area contributed by atoms with Gasteiger partial charge in [0.2, 0.25) is 0 Å². The van der Waals surface area contributed by atoms with Crippen molar-refractivity contribution in [1.82, 2.24) is 9.80 Å². The fourth-order valence-electron chi connectivity index (χ4n) is 3.94. The Balaban J connectivity index is 0.000000437. The number of allylic oxidation sites excluding steroid dienone is 2. The lowest BCUT2D eigenvalue weighted by Gasteiger charge is -2.43. The summed E-state index contributed by atoms with van der Waals surface area (Å²) in [5.74, 6) is 0.0255. The highest BCUT2D eigenvalue weighted by atomic mass is 16.6. The van der Waals surface area contributed by atoms with Gasteiger partial charge in [0.1, 0.15) is 5.60 Å². The van der Waals surface area contributed by atoms with E-state index in [1.807, 2.05) is 38.7 Å². The standard InChI is InChI=1S/C18H30N2O3.C11H16/c1-8-9-10-16(15(4)21)19-11-12-20(14(3)13(19)2)17(22)23-18(5,6)7;1-3-7-11-9-6-5-8-10(11)4-2/h10,14H,2,8-9,11-12H2,1,3-7H3;5-6,8-9H,3-4,7H2,1-2H3/b16-10-;. The summed E-state index contributed by atoms with van der Waals surface area (Å²) in [5.41, 5.74) is 3.93. The maximum atomic E-state index is 12.3. The molecule has 0 saturated carbocycles. The van der Waals surface area contributed by atoms with Crippen LogP contribution in [0.5, 0.6) is 0 Å². The second-order valence-electron chi connectivity index (χ2n) is 9.80. The number of carbonyl (C=O) groups is 2. The van der Waals surface area contributed by atoms with Gasteiger partial charge in [-0.25, -0.2) is 4.79 Å². The molecule has 1 fully saturated rings. The number of hydrogen-bond acceptors (Lipinski definition) is 4. The maximum Gasteiger partial charge on any atom is 0.410 e. The summed E-state index contributed by atoms with van der Waals surface area (Å²) < 4.78 is 5.45. The topological polar surface area (TPSA) is 49.9 Å². The van der Waals surface area contributed by atoms with Gasteiger partial charge in [-0.2, -0.15) is 0 Å². The van der Waals surface area contributed by atoms with Crippen molar-refractivity contribution in [3.8, 4) is 0 Å². The number of aryl methyl sites for hydroxylation is 2. The third-order valence-corrected chi connectivity index (χ3v) is 5.79. The molecule has 1 aromatic carbocycles. The van der Waals surface area contributed by atoms with E-state index in [4.69, 9.17) is 4.74 Å². The molecule has 1 amide bonds. The van der Waals surface area contributed by atoms with E-state index in [0.717, 1.165) is 25.0 Å². The molecule has 5 heteroatoms. The number of carbonyl (C=O) groups excluding carboxylic acids is 2. The zero-order chi connectivity index (χ0) is 25.9. The van der Waals surface area contributed by atoms with Crippen LogP contribution in [-0.4, -0.2) is 46.4 Å². The number of nitrogens with zero attached hydrogens (tertiary/aromatic N) is 2. The smallest absolute Gasteiger partial charge is 0.410 e. The first kappa shape index (κ1) is 29.5. The number of ketones is 1. The summed E-state index contributed by atoms with van der Waals surface area (Å²) in [5, 5.41) is 0. The molecule has 0 spiro atoms. The molecule has 0 aromatic heterocycles. The van der Waals surface area contributed by atoms with Gasteiger partial charge in [0.25, 0.3) is 0 Å². The van der Waals surface area contributed by atoms with Crippen LogP contribution < -0.4 is 0 Å². The molecule has 1 aliphatic rings. The fourth-order valence-corrected chi connectivity index (χ4v) is 3.94. The Hall–Kier alpha value is -2.56. The molecular weight excluding hydrogens is 424 g/mol. The Morgan fingerprint density at radius 2 is 1.71 bits per heavy atom. The Bertz CT molecular complexity index is 851. The molecule has 0 aliphatic carbocycles. The second kappa shape index (κ2) is 14.0.